The van der Waals surface area contributed by atoms with E-state index in [-0.39, 0.29) is 24.1 Å². The number of nitrogens with zero attached hydrogens (tertiary/aromatic N) is 3. The number of fused-ring (bicyclic) bond motifs is 1. The van der Waals surface area contributed by atoms with Gasteiger partial charge in [-0.05, 0) is 36.2 Å². The van der Waals surface area contributed by atoms with E-state index in [1.807, 2.05) is 13.8 Å². The smallest absolute Gasteiger partial charge is 0.329 e. The van der Waals surface area contributed by atoms with E-state index in [1.54, 1.807) is 34.1 Å². The van der Waals surface area contributed by atoms with Crippen LogP contribution in [0.15, 0.2) is 52.1 Å². The summed E-state index contributed by atoms with van der Waals surface area (Å²) in [5.74, 6) is -1.04. The van der Waals surface area contributed by atoms with Crippen molar-refractivity contribution in [2.45, 2.75) is 39.3 Å². The Kier molecular flexibility index (Phi) is 6.63. The first-order valence-corrected chi connectivity index (χ1v) is 11.4. The van der Waals surface area contributed by atoms with Crippen molar-refractivity contribution in [3.05, 3.63) is 80.2 Å². The summed E-state index contributed by atoms with van der Waals surface area (Å²) >= 11 is 0. The maximum Gasteiger partial charge on any atom is 0.329 e. The SMILES string of the molecule is CCC(=O)N1CCN(C(=O)c2cc(Cn3c(=O)[nH]c(=O)c4ccccc43)ccc2F)CC1CC. The molecular weight excluding hydrogens is 439 g/mol. The first-order valence-electron chi connectivity index (χ1n) is 11.4. The molecule has 3 aromatic rings. The van der Waals surface area contributed by atoms with Crippen molar-refractivity contribution in [3.8, 4) is 0 Å². The van der Waals surface area contributed by atoms with E-state index >= 15 is 0 Å². The van der Waals surface area contributed by atoms with Crippen molar-refractivity contribution in [1.82, 2.24) is 19.4 Å². The second-order valence-electron chi connectivity index (χ2n) is 8.43. The molecule has 1 fully saturated rings. The molecule has 8 nitrogen and oxygen atoms in total. The van der Waals surface area contributed by atoms with E-state index in [0.29, 0.717) is 48.9 Å². The van der Waals surface area contributed by atoms with Gasteiger partial charge in [0.05, 0.1) is 23.0 Å². The maximum atomic E-state index is 14.7. The lowest BCUT2D eigenvalue weighted by molar-refractivity contribution is -0.135. The molecule has 0 radical (unpaired) electrons. The normalized spacial score (nSPS) is 16.1. The zero-order chi connectivity index (χ0) is 24.4. The van der Waals surface area contributed by atoms with Crippen molar-refractivity contribution in [3.63, 3.8) is 0 Å². The standard InChI is InChI=1S/C25H27FN4O4/c1-3-17-15-28(11-12-29(17)22(31)4-2)24(33)19-13-16(9-10-20(19)26)14-30-21-8-6-5-7-18(21)23(32)27-25(30)34/h5-10,13,17H,3-4,11-12,14-15H2,1-2H3,(H,27,32,34). The summed E-state index contributed by atoms with van der Waals surface area (Å²) in [6.45, 7) is 4.92. The van der Waals surface area contributed by atoms with Gasteiger partial charge in [-0.2, -0.15) is 0 Å². The third-order valence-corrected chi connectivity index (χ3v) is 6.37. The molecule has 1 saturated heterocycles. The van der Waals surface area contributed by atoms with Gasteiger partial charge in [0.15, 0.2) is 0 Å². The Morgan fingerprint density at radius 1 is 1.09 bits per heavy atom. The fraction of sp³-hybridized carbons (Fsp3) is 0.360. The average molecular weight is 467 g/mol. The number of rotatable bonds is 5. The predicted molar refractivity (Wildman–Crippen MR) is 126 cm³/mol. The van der Waals surface area contributed by atoms with Crippen LogP contribution in [0.2, 0.25) is 0 Å². The van der Waals surface area contributed by atoms with Gasteiger partial charge in [0.2, 0.25) is 5.91 Å². The highest BCUT2D eigenvalue weighted by Gasteiger charge is 2.32. The van der Waals surface area contributed by atoms with E-state index in [9.17, 15) is 23.6 Å². The second kappa shape index (κ2) is 9.62. The molecule has 1 unspecified atom stereocenters. The summed E-state index contributed by atoms with van der Waals surface area (Å²) in [6, 6.07) is 10.8. The molecule has 1 aliphatic rings. The van der Waals surface area contributed by atoms with Gasteiger partial charge in [0.1, 0.15) is 5.82 Å². The summed E-state index contributed by atoms with van der Waals surface area (Å²) < 4.78 is 16.1. The van der Waals surface area contributed by atoms with Crippen LogP contribution in [0.1, 0.15) is 42.6 Å². The average Bonchev–Trinajstić information content (AvgIpc) is 2.86. The highest BCUT2D eigenvalue weighted by Crippen LogP contribution is 2.20. The number of para-hydroxylation sites is 1. The molecular formula is C25H27FN4O4. The quantitative estimate of drug-likeness (QED) is 0.625. The fourth-order valence-electron chi connectivity index (χ4n) is 4.51. The number of hydrogen-bond donors (Lipinski definition) is 1. The van der Waals surface area contributed by atoms with Crippen molar-refractivity contribution in [2.75, 3.05) is 19.6 Å². The topological polar surface area (TPSA) is 95.5 Å². The monoisotopic (exact) mass is 466 g/mol. The molecule has 9 heteroatoms. The van der Waals surface area contributed by atoms with Crippen LogP contribution in [0.3, 0.4) is 0 Å². The van der Waals surface area contributed by atoms with Crippen molar-refractivity contribution in [2.24, 2.45) is 0 Å². The number of aromatic nitrogens is 2. The molecule has 1 atom stereocenters. The number of aromatic amines is 1. The Morgan fingerprint density at radius 3 is 2.59 bits per heavy atom. The zero-order valence-corrected chi connectivity index (χ0v) is 19.2. The molecule has 0 bridgehead atoms. The lowest BCUT2D eigenvalue weighted by Crippen LogP contribution is -2.56. The third-order valence-electron chi connectivity index (χ3n) is 6.37. The van der Waals surface area contributed by atoms with Gasteiger partial charge in [-0.25, -0.2) is 9.18 Å². The highest BCUT2D eigenvalue weighted by atomic mass is 19.1. The Bertz CT molecular complexity index is 1360. The fourth-order valence-corrected chi connectivity index (χ4v) is 4.51. The number of carbonyl (C=O) groups excluding carboxylic acids is 2. The van der Waals surface area contributed by atoms with E-state index < -0.39 is 23.0 Å². The van der Waals surface area contributed by atoms with Gasteiger partial charge in [-0.3, -0.25) is 23.9 Å². The van der Waals surface area contributed by atoms with Gasteiger partial charge >= 0.3 is 5.69 Å². The highest BCUT2D eigenvalue weighted by molar-refractivity contribution is 5.95. The molecule has 1 aromatic heterocycles. The van der Waals surface area contributed by atoms with E-state index in [4.69, 9.17) is 0 Å². The minimum Gasteiger partial charge on any atom is -0.336 e. The van der Waals surface area contributed by atoms with Crippen LogP contribution < -0.4 is 11.2 Å². The second-order valence-corrected chi connectivity index (χ2v) is 8.43. The number of piperazine rings is 1. The number of halogens is 1. The molecule has 1 N–H and O–H groups in total. The molecule has 0 saturated carbocycles. The number of amides is 2. The zero-order valence-electron chi connectivity index (χ0n) is 19.2. The van der Waals surface area contributed by atoms with Crippen molar-refractivity contribution < 1.29 is 14.0 Å². The van der Waals surface area contributed by atoms with Gasteiger partial charge < -0.3 is 9.80 Å². The minimum absolute atomic E-state index is 0.0469. The summed E-state index contributed by atoms with van der Waals surface area (Å²) in [5, 5.41) is 0.366. The van der Waals surface area contributed by atoms with E-state index in [2.05, 4.69) is 4.98 Å². The maximum absolute atomic E-state index is 14.7. The Balaban J connectivity index is 1.62. The van der Waals surface area contributed by atoms with Crippen LogP contribution in [-0.2, 0) is 11.3 Å². The van der Waals surface area contributed by atoms with Crippen molar-refractivity contribution in [1.29, 1.82) is 0 Å². The van der Waals surface area contributed by atoms with E-state index in [1.165, 1.54) is 22.8 Å². The Labute approximate surface area is 195 Å². The van der Waals surface area contributed by atoms with Gasteiger partial charge in [0.25, 0.3) is 11.5 Å². The third kappa shape index (κ3) is 4.37. The lowest BCUT2D eigenvalue weighted by atomic mass is 10.0. The molecule has 4 rings (SSSR count). The molecule has 2 aromatic carbocycles. The Hall–Kier alpha value is -3.75. The molecule has 0 spiro atoms. The van der Waals surface area contributed by atoms with Crippen LogP contribution in [-0.4, -0.2) is 56.8 Å². The van der Waals surface area contributed by atoms with Gasteiger partial charge in [-0.1, -0.05) is 32.0 Å². The van der Waals surface area contributed by atoms with Crippen LogP contribution in [0.4, 0.5) is 4.39 Å². The first kappa shape index (κ1) is 23.4. The largest absolute Gasteiger partial charge is 0.336 e. The summed E-state index contributed by atoms with van der Waals surface area (Å²) in [7, 11) is 0. The molecule has 1 aliphatic heterocycles. The number of H-pyrrole nitrogens is 1. The van der Waals surface area contributed by atoms with Gasteiger partial charge in [0, 0.05) is 32.1 Å². The summed E-state index contributed by atoms with van der Waals surface area (Å²) in [6.07, 6.45) is 1.10. The molecule has 34 heavy (non-hydrogen) atoms. The van der Waals surface area contributed by atoms with Crippen LogP contribution in [0.5, 0.6) is 0 Å². The van der Waals surface area contributed by atoms with Crippen LogP contribution in [0, 0.1) is 5.82 Å². The van der Waals surface area contributed by atoms with Gasteiger partial charge in [-0.15, -0.1) is 0 Å². The minimum atomic E-state index is -0.646. The lowest BCUT2D eigenvalue weighted by Gasteiger charge is -2.41. The summed E-state index contributed by atoms with van der Waals surface area (Å²) in [5.41, 5.74) is -0.127. The van der Waals surface area contributed by atoms with Crippen LogP contribution >= 0.6 is 0 Å². The molecule has 2 amide bonds. The summed E-state index contributed by atoms with van der Waals surface area (Å²) in [4.78, 5) is 55.7. The molecule has 0 aliphatic carbocycles. The number of benzene rings is 2. The first-order chi connectivity index (χ1) is 16.3. The van der Waals surface area contributed by atoms with Crippen LogP contribution in [0.25, 0.3) is 10.9 Å². The molecule has 178 valence electrons. The number of nitrogens with one attached hydrogen (secondary N) is 1. The number of hydrogen-bond acceptors (Lipinski definition) is 4. The number of carbonyl (C=O) groups is 2. The van der Waals surface area contributed by atoms with E-state index in [0.717, 1.165) is 0 Å². The van der Waals surface area contributed by atoms with Crippen molar-refractivity contribution >= 4 is 22.7 Å². The Morgan fingerprint density at radius 2 is 1.85 bits per heavy atom. The predicted octanol–water partition coefficient (Wildman–Crippen LogP) is 2.35. The molecule has 2 heterocycles.